The standard InChI is InChI=1S/C13H7NO2/c1-9-4-5-12-11(7-9)13(15)10(8-16-12)3-2-6-14/h3-5,7H,1H3. The number of nitriles is 1. The number of allylic oxidation sites excluding steroid dienone is 1. The zero-order valence-electron chi connectivity index (χ0n) is 8.57. The van der Waals surface area contributed by atoms with Crippen LogP contribution in [-0.2, 0) is 0 Å². The van der Waals surface area contributed by atoms with Crippen molar-refractivity contribution in [1.29, 1.82) is 5.26 Å². The number of benzene rings is 1. The lowest BCUT2D eigenvalue weighted by Gasteiger charge is -1.98. The van der Waals surface area contributed by atoms with E-state index in [0.717, 1.165) is 5.56 Å². The van der Waals surface area contributed by atoms with Gasteiger partial charge >= 0.3 is 0 Å². The molecule has 3 heteroatoms. The molecule has 0 aliphatic heterocycles. The molecule has 2 aromatic rings. The van der Waals surface area contributed by atoms with Gasteiger partial charge in [-0.15, -0.1) is 0 Å². The van der Waals surface area contributed by atoms with E-state index in [4.69, 9.17) is 9.68 Å². The third-order valence-electron chi connectivity index (χ3n) is 2.18. The summed E-state index contributed by atoms with van der Waals surface area (Å²) in [5.74, 6) is 0. The maximum atomic E-state index is 11.9. The predicted molar refractivity (Wildman–Crippen MR) is 59.4 cm³/mol. The Morgan fingerprint density at radius 1 is 1.50 bits per heavy atom. The summed E-state index contributed by atoms with van der Waals surface area (Å²) in [7, 11) is 0. The summed E-state index contributed by atoms with van der Waals surface area (Å²) in [5.41, 5.74) is 1.47. The van der Waals surface area contributed by atoms with Crippen LogP contribution in [0.5, 0.6) is 0 Å². The second kappa shape index (κ2) is 4.03. The quantitative estimate of drug-likeness (QED) is 0.677. The minimum atomic E-state index is -0.201. The van der Waals surface area contributed by atoms with Crippen molar-refractivity contribution >= 4 is 17.0 Å². The third kappa shape index (κ3) is 1.73. The van der Waals surface area contributed by atoms with Crippen molar-refractivity contribution in [3.8, 4) is 6.07 Å². The first-order valence-electron chi connectivity index (χ1n) is 4.65. The Labute approximate surface area is 92.2 Å². The van der Waals surface area contributed by atoms with Crippen molar-refractivity contribution in [1.82, 2.24) is 0 Å². The van der Waals surface area contributed by atoms with Gasteiger partial charge < -0.3 is 4.42 Å². The normalized spacial score (nSPS) is 10.8. The number of rotatable bonds is 1. The van der Waals surface area contributed by atoms with Gasteiger partial charge in [-0.3, -0.25) is 4.79 Å². The number of fused-ring (bicyclic) bond motifs is 1. The van der Waals surface area contributed by atoms with Gasteiger partial charge in [-0.2, -0.15) is 5.26 Å². The number of hydrogen-bond donors (Lipinski definition) is 0. The van der Waals surface area contributed by atoms with Gasteiger partial charge in [0, 0.05) is 0 Å². The Bertz CT molecular complexity index is 660. The Morgan fingerprint density at radius 2 is 2.31 bits per heavy atom. The molecule has 1 aromatic carbocycles. The van der Waals surface area contributed by atoms with E-state index in [0.29, 0.717) is 11.0 Å². The van der Waals surface area contributed by atoms with E-state index < -0.39 is 0 Å². The lowest BCUT2D eigenvalue weighted by atomic mass is 10.1. The maximum absolute atomic E-state index is 11.9. The van der Waals surface area contributed by atoms with Crippen LogP contribution in [0.4, 0.5) is 0 Å². The molecule has 0 aliphatic carbocycles. The van der Waals surface area contributed by atoms with Crippen LogP contribution >= 0.6 is 0 Å². The van der Waals surface area contributed by atoms with Crippen molar-refractivity contribution in [3.05, 3.63) is 51.9 Å². The van der Waals surface area contributed by atoms with Crippen molar-refractivity contribution in [2.24, 2.45) is 0 Å². The molecule has 0 spiro atoms. The Morgan fingerprint density at radius 3 is 3.06 bits per heavy atom. The van der Waals surface area contributed by atoms with E-state index in [1.54, 1.807) is 18.2 Å². The fourth-order valence-corrected chi connectivity index (χ4v) is 1.41. The average Bonchev–Trinajstić information content (AvgIpc) is 2.29. The van der Waals surface area contributed by atoms with Gasteiger partial charge in [0.2, 0.25) is 5.43 Å². The van der Waals surface area contributed by atoms with Gasteiger partial charge in [-0.25, -0.2) is 0 Å². The molecule has 1 heterocycles. The molecule has 1 aromatic heterocycles. The van der Waals surface area contributed by atoms with Gasteiger partial charge in [0.05, 0.1) is 17.0 Å². The molecule has 0 amide bonds. The lowest BCUT2D eigenvalue weighted by molar-refractivity contribution is 0.590. The van der Waals surface area contributed by atoms with Gasteiger partial charge in [0.1, 0.15) is 11.7 Å². The van der Waals surface area contributed by atoms with E-state index >= 15 is 0 Å². The average molecular weight is 209 g/mol. The van der Waals surface area contributed by atoms with Gasteiger partial charge in [0.15, 0.2) is 6.26 Å². The van der Waals surface area contributed by atoms with Crippen LogP contribution in [0.1, 0.15) is 11.1 Å². The first-order chi connectivity index (χ1) is 7.72. The van der Waals surface area contributed by atoms with Crippen LogP contribution in [0.25, 0.3) is 17.0 Å². The Balaban J connectivity index is 2.74. The molecule has 0 atom stereocenters. The molecule has 0 unspecified atom stereocenters. The fraction of sp³-hybridized carbons (Fsp3) is 0.0769. The molecule has 0 saturated heterocycles. The van der Waals surface area contributed by atoms with Crippen LogP contribution in [-0.4, -0.2) is 0 Å². The van der Waals surface area contributed by atoms with E-state index in [-0.39, 0.29) is 11.0 Å². The van der Waals surface area contributed by atoms with Crippen molar-refractivity contribution in [2.75, 3.05) is 0 Å². The summed E-state index contributed by atoms with van der Waals surface area (Å²) in [6.07, 6.45) is 6.02. The Kier molecular flexibility index (Phi) is 2.57. The lowest BCUT2D eigenvalue weighted by Crippen LogP contribution is -2.05. The highest BCUT2D eigenvalue weighted by molar-refractivity contribution is 5.79. The minimum Gasteiger partial charge on any atom is -0.452 e. The molecule has 0 fully saturated rings. The van der Waals surface area contributed by atoms with E-state index in [1.165, 1.54) is 6.08 Å². The van der Waals surface area contributed by atoms with Crippen molar-refractivity contribution in [2.45, 2.75) is 6.92 Å². The summed E-state index contributed by atoms with van der Waals surface area (Å²) in [4.78, 5) is 11.9. The van der Waals surface area contributed by atoms with Gasteiger partial charge in [-0.05, 0) is 25.1 Å². The summed E-state index contributed by atoms with van der Waals surface area (Å²) >= 11 is 0. The van der Waals surface area contributed by atoms with Crippen LogP contribution < -0.4 is 5.43 Å². The molecular weight excluding hydrogens is 202 g/mol. The minimum absolute atomic E-state index is 0.201. The molecule has 2 radical (unpaired) electrons. The van der Waals surface area contributed by atoms with Crippen molar-refractivity contribution in [3.63, 3.8) is 0 Å². The highest BCUT2D eigenvalue weighted by atomic mass is 16.3. The molecule has 76 valence electrons. The summed E-state index contributed by atoms with van der Waals surface area (Å²) in [6.45, 7) is 1.90. The molecule has 0 N–H and O–H groups in total. The largest absolute Gasteiger partial charge is 0.452 e. The van der Waals surface area contributed by atoms with E-state index in [1.807, 2.05) is 13.0 Å². The molecule has 2 rings (SSSR count). The zero-order chi connectivity index (χ0) is 11.5. The van der Waals surface area contributed by atoms with Crippen LogP contribution in [0.15, 0.2) is 27.4 Å². The number of nitrogens with zero attached hydrogens (tertiary/aromatic N) is 1. The molecule has 3 nitrogen and oxygen atoms in total. The first kappa shape index (κ1) is 10.2. The van der Waals surface area contributed by atoms with Crippen LogP contribution in [0.2, 0.25) is 0 Å². The zero-order valence-corrected chi connectivity index (χ0v) is 8.57. The molecular formula is C13H7NO2. The molecule has 16 heavy (non-hydrogen) atoms. The maximum Gasteiger partial charge on any atom is 0.200 e. The summed E-state index contributed by atoms with van der Waals surface area (Å²) in [6, 6.07) is 7.03. The molecule has 0 bridgehead atoms. The molecule has 0 aliphatic rings. The number of hydrogen-bond acceptors (Lipinski definition) is 3. The number of aryl methyl sites for hydroxylation is 1. The fourth-order valence-electron chi connectivity index (χ4n) is 1.41. The van der Waals surface area contributed by atoms with Crippen LogP contribution in [0.3, 0.4) is 0 Å². The SMILES string of the molecule is Cc1ccc2o[c]c(C=[C]C#N)c(=O)c2c1. The first-order valence-corrected chi connectivity index (χ1v) is 4.65. The smallest absolute Gasteiger partial charge is 0.200 e. The topological polar surface area (TPSA) is 54.0 Å². The second-order valence-electron chi connectivity index (χ2n) is 3.35. The van der Waals surface area contributed by atoms with E-state index in [9.17, 15) is 4.79 Å². The molecule has 0 saturated carbocycles. The third-order valence-corrected chi connectivity index (χ3v) is 2.18. The van der Waals surface area contributed by atoms with E-state index in [2.05, 4.69) is 12.3 Å². The van der Waals surface area contributed by atoms with Crippen molar-refractivity contribution < 1.29 is 4.42 Å². The summed E-state index contributed by atoms with van der Waals surface area (Å²) in [5, 5.41) is 8.83. The Hall–Kier alpha value is -2.34. The monoisotopic (exact) mass is 209 g/mol. The second-order valence-corrected chi connectivity index (χ2v) is 3.35. The van der Waals surface area contributed by atoms with Gasteiger partial charge in [0.25, 0.3) is 0 Å². The van der Waals surface area contributed by atoms with Crippen LogP contribution in [0, 0.1) is 30.6 Å². The van der Waals surface area contributed by atoms with Gasteiger partial charge in [-0.1, -0.05) is 11.6 Å². The summed E-state index contributed by atoms with van der Waals surface area (Å²) < 4.78 is 5.17. The highest BCUT2D eigenvalue weighted by Gasteiger charge is 2.05. The highest BCUT2D eigenvalue weighted by Crippen LogP contribution is 2.13. The predicted octanol–water partition coefficient (Wildman–Crippen LogP) is 2.24.